The Morgan fingerprint density at radius 2 is 1.03 bits per heavy atom. The second-order valence-electron chi connectivity index (χ2n) is 7.42. The normalized spacial score (nSPS) is 11.5. The van der Waals surface area contributed by atoms with Crippen molar-refractivity contribution in [1.82, 2.24) is 0 Å². The predicted molar refractivity (Wildman–Crippen MR) is 118 cm³/mol. The minimum atomic E-state index is -0.505. The fourth-order valence-corrected chi connectivity index (χ4v) is 3.37. The molecule has 0 aliphatic carbocycles. The number of hydrogen-bond donors (Lipinski definition) is 7. The van der Waals surface area contributed by atoms with Crippen LogP contribution in [-0.2, 0) is 0 Å². The first-order valence-corrected chi connectivity index (χ1v) is 9.90. The van der Waals surface area contributed by atoms with E-state index >= 15 is 0 Å². The maximum Gasteiger partial charge on any atom is 0.220 e. The lowest BCUT2D eigenvalue weighted by molar-refractivity contribution is 0.310. The number of hydrogen-bond acceptors (Lipinski definition) is 11. The van der Waals surface area contributed by atoms with Crippen molar-refractivity contribution in [3.05, 3.63) is 54.6 Å². The summed E-state index contributed by atoms with van der Waals surface area (Å²) in [5.74, 6) is -3.57. The van der Waals surface area contributed by atoms with Gasteiger partial charge in [0.05, 0.1) is 0 Å². The monoisotopic (exact) mass is 480 g/mol. The summed E-state index contributed by atoms with van der Waals surface area (Å²) < 4.78 is 22.6. The van der Waals surface area contributed by atoms with Gasteiger partial charge in [-0.1, -0.05) is 0 Å². The van der Waals surface area contributed by atoms with E-state index in [1.165, 1.54) is 30.3 Å². The van der Waals surface area contributed by atoms with Crippen molar-refractivity contribution in [2.75, 3.05) is 0 Å². The fourth-order valence-electron chi connectivity index (χ4n) is 3.37. The standard InChI is InChI=1S/C24H16O11/c25-10-3-11(26)5-14(4-10)33-22-17(30)9-18(31)23-24(22)34-19-2-1-13(8-20(19)35-23)32-21-15(28)6-12(27)7-16(21)29/h1-9,25-31H. The van der Waals surface area contributed by atoms with Crippen LogP contribution in [0.1, 0.15) is 0 Å². The molecule has 0 amide bonds. The summed E-state index contributed by atoms with van der Waals surface area (Å²) in [5, 5.41) is 69.4. The van der Waals surface area contributed by atoms with Crippen molar-refractivity contribution in [3.63, 3.8) is 0 Å². The van der Waals surface area contributed by atoms with Gasteiger partial charge in [0, 0.05) is 42.5 Å². The quantitative estimate of drug-likeness (QED) is 0.182. The number of benzene rings is 4. The molecule has 0 fully saturated rings. The highest BCUT2D eigenvalue weighted by Crippen LogP contribution is 2.58. The third kappa shape index (κ3) is 3.97. The Morgan fingerprint density at radius 1 is 0.457 bits per heavy atom. The van der Waals surface area contributed by atoms with Gasteiger partial charge in [0.15, 0.2) is 34.5 Å². The molecule has 5 rings (SSSR count). The van der Waals surface area contributed by atoms with Gasteiger partial charge >= 0.3 is 0 Å². The van der Waals surface area contributed by atoms with Crippen LogP contribution in [-0.4, -0.2) is 35.7 Å². The minimum Gasteiger partial charge on any atom is -0.508 e. The zero-order chi connectivity index (χ0) is 24.9. The third-order valence-corrected chi connectivity index (χ3v) is 4.84. The zero-order valence-corrected chi connectivity index (χ0v) is 17.5. The van der Waals surface area contributed by atoms with Crippen molar-refractivity contribution in [3.8, 4) is 86.2 Å². The molecule has 0 bridgehead atoms. The first kappa shape index (κ1) is 21.5. The molecule has 0 radical (unpaired) electrons. The summed E-state index contributed by atoms with van der Waals surface area (Å²) in [4.78, 5) is 0. The van der Waals surface area contributed by atoms with Crippen LogP contribution in [0, 0.1) is 0 Å². The average molecular weight is 480 g/mol. The smallest absolute Gasteiger partial charge is 0.220 e. The maximum absolute atomic E-state index is 10.3. The van der Waals surface area contributed by atoms with Crippen LogP contribution in [0.15, 0.2) is 54.6 Å². The van der Waals surface area contributed by atoms with E-state index in [0.29, 0.717) is 0 Å². The molecular weight excluding hydrogens is 464 g/mol. The average Bonchev–Trinajstić information content (AvgIpc) is 2.77. The SMILES string of the molecule is Oc1cc(O)cc(Oc2c(O)cc(O)c3c2Oc2ccc(Oc4c(O)cc(O)cc4O)cc2O3)c1. The molecule has 0 saturated heterocycles. The molecule has 0 saturated carbocycles. The summed E-state index contributed by atoms with van der Waals surface area (Å²) in [6, 6.07) is 10.6. The Labute approximate surface area is 196 Å². The van der Waals surface area contributed by atoms with Crippen LogP contribution in [0.25, 0.3) is 0 Å². The van der Waals surface area contributed by atoms with Crippen molar-refractivity contribution >= 4 is 0 Å². The van der Waals surface area contributed by atoms with Gasteiger partial charge in [-0.05, 0) is 12.1 Å². The van der Waals surface area contributed by atoms with E-state index in [-0.39, 0.29) is 63.2 Å². The Hall–Kier alpha value is -5.32. The van der Waals surface area contributed by atoms with Gasteiger partial charge in [0.2, 0.25) is 23.0 Å². The molecule has 7 N–H and O–H groups in total. The molecule has 0 atom stereocenters. The molecule has 1 heterocycles. The molecule has 0 aromatic heterocycles. The first-order chi connectivity index (χ1) is 16.7. The molecule has 178 valence electrons. The second-order valence-corrected chi connectivity index (χ2v) is 7.42. The molecule has 1 aliphatic heterocycles. The highest BCUT2D eigenvalue weighted by molar-refractivity contribution is 5.70. The van der Waals surface area contributed by atoms with Crippen molar-refractivity contribution < 1.29 is 54.7 Å². The molecule has 0 unspecified atom stereocenters. The predicted octanol–water partition coefficient (Wildman–Crippen LogP) is 5.11. The first-order valence-electron chi connectivity index (χ1n) is 9.90. The molecule has 11 nitrogen and oxygen atoms in total. The van der Waals surface area contributed by atoms with E-state index in [2.05, 4.69) is 0 Å². The summed E-state index contributed by atoms with van der Waals surface area (Å²) in [6.45, 7) is 0. The van der Waals surface area contributed by atoms with E-state index < -0.39 is 23.0 Å². The van der Waals surface area contributed by atoms with Crippen molar-refractivity contribution in [1.29, 1.82) is 0 Å². The lowest BCUT2D eigenvalue weighted by atomic mass is 10.2. The molecule has 4 aromatic rings. The van der Waals surface area contributed by atoms with Gasteiger partial charge in [-0.3, -0.25) is 0 Å². The van der Waals surface area contributed by atoms with Crippen LogP contribution in [0.3, 0.4) is 0 Å². The van der Waals surface area contributed by atoms with E-state index in [1.807, 2.05) is 0 Å². The lowest BCUT2D eigenvalue weighted by Gasteiger charge is -2.24. The van der Waals surface area contributed by atoms with Crippen LogP contribution < -0.4 is 18.9 Å². The van der Waals surface area contributed by atoms with Gasteiger partial charge in [0.25, 0.3) is 0 Å². The molecule has 1 aliphatic rings. The number of rotatable bonds is 4. The number of phenolic OH excluding ortho intramolecular Hbond substituents is 7. The van der Waals surface area contributed by atoms with E-state index in [1.54, 1.807) is 0 Å². The van der Waals surface area contributed by atoms with Gasteiger partial charge in [-0.2, -0.15) is 0 Å². The summed E-state index contributed by atoms with van der Waals surface area (Å²) >= 11 is 0. The molecule has 0 spiro atoms. The summed E-state index contributed by atoms with van der Waals surface area (Å²) in [6.07, 6.45) is 0. The minimum absolute atomic E-state index is 0.0302. The van der Waals surface area contributed by atoms with Crippen LogP contribution in [0.4, 0.5) is 0 Å². The highest BCUT2D eigenvalue weighted by atomic mass is 16.6. The number of fused-ring (bicyclic) bond motifs is 2. The third-order valence-electron chi connectivity index (χ3n) is 4.84. The number of ether oxygens (including phenoxy) is 4. The molecule has 11 heteroatoms. The van der Waals surface area contributed by atoms with Gasteiger partial charge in [0.1, 0.15) is 28.7 Å². The van der Waals surface area contributed by atoms with Crippen LogP contribution in [0.2, 0.25) is 0 Å². The van der Waals surface area contributed by atoms with Crippen molar-refractivity contribution in [2.24, 2.45) is 0 Å². The second kappa shape index (κ2) is 7.92. The fraction of sp³-hybridized carbons (Fsp3) is 0. The maximum atomic E-state index is 10.3. The Morgan fingerprint density at radius 3 is 1.71 bits per heavy atom. The van der Waals surface area contributed by atoms with Gasteiger partial charge in [-0.15, -0.1) is 0 Å². The Kier molecular flexibility index (Phi) is 4.87. The Balaban J connectivity index is 1.49. The van der Waals surface area contributed by atoms with E-state index in [4.69, 9.17) is 18.9 Å². The molecule has 4 aromatic carbocycles. The van der Waals surface area contributed by atoms with Gasteiger partial charge in [-0.25, -0.2) is 0 Å². The lowest BCUT2D eigenvalue weighted by Crippen LogP contribution is -2.02. The summed E-state index contributed by atoms with van der Waals surface area (Å²) in [5.41, 5.74) is 0. The highest BCUT2D eigenvalue weighted by Gasteiger charge is 2.30. The molecular formula is C24H16O11. The summed E-state index contributed by atoms with van der Waals surface area (Å²) in [7, 11) is 0. The topological polar surface area (TPSA) is 179 Å². The van der Waals surface area contributed by atoms with E-state index in [9.17, 15) is 35.7 Å². The number of aromatic hydroxyl groups is 7. The largest absolute Gasteiger partial charge is 0.508 e. The Bertz CT molecular complexity index is 1440. The van der Waals surface area contributed by atoms with Crippen LogP contribution in [0.5, 0.6) is 86.2 Å². The van der Waals surface area contributed by atoms with Crippen molar-refractivity contribution in [2.45, 2.75) is 0 Å². The van der Waals surface area contributed by atoms with Crippen LogP contribution >= 0.6 is 0 Å². The number of phenols is 7. The zero-order valence-electron chi connectivity index (χ0n) is 17.5. The van der Waals surface area contributed by atoms with E-state index in [0.717, 1.165) is 24.3 Å². The van der Waals surface area contributed by atoms with Gasteiger partial charge < -0.3 is 54.7 Å². The molecule has 35 heavy (non-hydrogen) atoms.